The minimum atomic E-state index is 0.224. The van der Waals surface area contributed by atoms with Crippen molar-refractivity contribution in [3.8, 4) is 0 Å². The third-order valence-corrected chi connectivity index (χ3v) is 4.79. The molecular formula is C15H25N5OS. The zero-order chi connectivity index (χ0) is 15.9. The van der Waals surface area contributed by atoms with Crippen molar-refractivity contribution in [3.05, 3.63) is 16.1 Å². The van der Waals surface area contributed by atoms with Gasteiger partial charge >= 0.3 is 0 Å². The molecule has 2 N–H and O–H groups in total. The molecule has 2 rings (SSSR count). The lowest BCUT2D eigenvalue weighted by Gasteiger charge is -2.18. The molecule has 1 aliphatic heterocycles. The summed E-state index contributed by atoms with van der Waals surface area (Å²) in [4.78, 5) is 22.4. The number of rotatable bonds is 5. The fourth-order valence-electron chi connectivity index (χ4n) is 2.48. The summed E-state index contributed by atoms with van der Waals surface area (Å²) in [5, 5.41) is 9.91. The standard InChI is InChI=1S/C15H25N5OS/c1-4-13-18-12(10-22-13)8-17-15(16-3)19-11-6-7-20(9-11)14(21)5-2/h10-11H,4-9H2,1-3H3,(H2,16,17,19). The molecule has 1 aromatic heterocycles. The number of amides is 1. The first-order valence-corrected chi connectivity index (χ1v) is 8.72. The monoisotopic (exact) mass is 323 g/mol. The summed E-state index contributed by atoms with van der Waals surface area (Å²) in [6, 6.07) is 0.267. The van der Waals surface area contributed by atoms with E-state index < -0.39 is 0 Å². The molecular weight excluding hydrogens is 298 g/mol. The zero-order valence-electron chi connectivity index (χ0n) is 13.6. The summed E-state index contributed by atoms with van der Waals surface area (Å²) in [7, 11) is 1.76. The van der Waals surface area contributed by atoms with Crippen LogP contribution < -0.4 is 10.6 Å². The number of carbonyl (C=O) groups excluding carboxylic acids is 1. The maximum absolute atomic E-state index is 11.7. The number of thiazole rings is 1. The van der Waals surface area contributed by atoms with E-state index in [0.717, 1.165) is 42.6 Å². The first kappa shape index (κ1) is 16.7. The number of aliphatic imine (C=N–C) groups is 1. The second-order valence-corrected chi connectivity index (χ2v) is 6.28. The third kappa shape index (κ3) is 4.43. The molecule has 1 fully saturated rings. The minimum Gasteiger partial charge on any atom is -0.352 e. The van der Waals surface area contributed by atoms with Crippen molar-refractivity contribution in [1.29, 1.82) is 0 Å². The Morgan fingerprint density at radius 3 is 3.00 bits per heavy atom. The van der Waals surface area contributed by atoms with Crippen molar-refractivity contribution in [1.82, 2.24) is 20.5 Å². The molecule has 6 nitrogen and oxygen atoms in total. The lowest BCUT2D eigenvalue weighted by atomic mass is 10.3. The third-order valence-electron chi connectivity index (χ3n) is 3.75. The van der Waals surface area contributed by atoms with Crippen LogP contribution in [0.25, 0.3) is 0 Å². The molecule has 1 amide bonds. The number of hydrogen-bond donors (Lipinski definition) is 2. The second-order valence-electron chi connectivity index (χ2n) is 5.34. The van der Waals surface area contributed by atoms with Gasteiger partial charge in [0, 0.05) is 38.0 Å². The fraction of sp³-hybridized carbons (Fsp3) is 0.667. The van der Waals surface area contributed by atoms with Gasteiger partial charge in [-0.1, -0.05) is 13.8 Å². The lowest BCUT2D eigenvalue weighted by Crippen LogP contribution is -2.44. The molecule has 1 atom stereocenters. The predicted octanol–water partition coefficient (Wildman–Crippen LogP) is 1.38. The van der Waals surface area contributed by atoms with Gasteiger partial charge in [-0.25, -0.2) is 4.98 Å². The van der Waals surface area contributed by atoms with Crippen LogP contribution in [-0.4, -0.2) is 47.9 Å². The van der Waals surface area contributed by atoms with E-state index in [1.165, 1.54) is 0 Å². The highest BCUT2D eigenvalue weighted by atomic mass is 32.1. The van der Waals surface area contributed by atoms with Gasteiger partial charge in [0.2, 0.25) is 5.91 Å². The van der Waals surface area contributed by atoms with Gasteiger partial charge in [-0.05, 0) is 12.8 Å². The Labute approximate surface area is 136 Å². The topological polar surface area (TPSA) is 69.6 Å². The number of hydrogen-bond acceptors (Lipinski definition) is 4. The normalized spacial score (nSPS) is 18.6. The summed E-state index contributed by atoms with van der Waals surface area (Å²) in [6.07, 6.45) is 2.51. The van der Waals surface area contributed by atoms with Crippen molar-refractivity contribution < 1.29 is 4.79 Å². The SMILES string of the molecule is CCC(=O)N1CCC(NC(=NC)NCc2csc(CC)n2)C1. The van der Waals surface area contributed by atoms with Crippen LogP contribution in [0.1, 0.15) is 37.4 Å². The van der Waals surface area contributed by atoms with Crippen molar-refractivity contribution in [2.24, 2.45) is 4.99 Å². The summed E-state index contributed by atoms with van der Waals surface area (Å²) in [5.41, 5.74) is 1.04. The molecule has 22 heavy (non-hydrogen) atoms. The van der Waals surface area contributed by atoms with E-state index in [0.29, 0.717) is 13.0 Å². The molecule has 0 aliphatic carbocycles. The zero-order valence-corrected chi connectivity index (χ0v) is 14.4. The molecule has 0 bridgehead atoms. The number of carbonyl (C=O) groups is 1. The molecule has 122 valence electrons. The van der Waals surface area contributed by atoms with Crippen molar-refractivity contribution in [3.63, 3.8) is 0 Å². The Hall–Kier alpha value is -1.63. The van der Waals surface area contributed by atoms with Gasteiger partial charge in [-0.3, -0.25) is 9.79 Å². The predicted molar refractivity (Wildman–Crippen MR) is 90.1 cm³/mol. The summed E-state index contributed by atoms with van der Waals surface area (Å²) >= 11 is 1.69. The quantitative estimate of drug-likeness (QED) is 0.634. The lowest BCUT2D eigenvalue weighted by molar-refractivity contribution is -0.129. The Kier molecular flexibility index (Phi) is 6.18. The number of likely N-dealkylation sites (tertiary alicyclic amines) is 1. The number of guanidine groups is 1. The molecule has 0 spiro atoms. The summed E-state index contributed by atoms with van der Waals surface area (Å²) in [6.45, 7) is 6.26. The average Bonchev–Trinajstić information content (AvgIpc) is 3.19. The highest BCUT2D eigenvalue weighted by Gasteiger charge is 2.25. The van der Waals surface area contributed by atoms with Crippen LogP contribution in [0.15, 0.2) is 10.4 Å². The summed E-state index contributed by atoms with van der Waals surface area (Å²) < 4.78 is 0. The van der Waals surface area contributed by atoms with E-state index in [-0.39, 0.29) is 11.9 Å². The van der Waals surface area contributed by atoms with E-state index in [9.17, 15) is 4.79 Å². The van der Waals surface area contributed by atoms with Crippen LogP contribution in [0.5, 0.6) is 0 Å². The maximum Gasteiger partial charge on any atom is 0.222 e. The van der Waals surface area contributed by atoms with Crippen LogP contribution in [0.3, 0.4) is 0 Å². The Bertz CT molecular complexity index is 528. The number of nitrogens with one attached hydrogen (secondary N) is 2. The molecule has 7 heteroatoms. The van der Waals surface area contributed by atoms with E-state index in [2.05, 4.69) is 32.9 Å². The van der Waals surface area contributed by atoms with Gasteiger partial charge in [0.05, 0.1) is 17.2 Å². The van der Waals surface area contributed by atoms with Gasteiger partial charge in [-0.2, -0.15) is 0 Å². The fourth-order valence-corrected chi connectivity index (χ4v) is 3.23. The second kappa shape index (κ2) is 8.12. The number of nitrogens with zero attached hydrogens (tertiary/aromatic N) is 3. The number of aromatic nitrogens is 1. The molecule has 1 unspecified atom stereocenters. The van der Waals surface area contributed by atoms with Gasteiger partial charge < -0.3 is 15.5 Å². The van der Waals surface area contributed by atoms with E-state index in [1.807, 2.05) is 11.8 Å². The first-order chi connectivity index (χ1) is 10.7. The molecule has 0 aromatic carbocycles. The van der Waals surface area contributed by atoms with Crippen LogP contribution >= 0.6 is 11.3 Å². The highest BCUT2D eigenvalue weighted by molar-refractivity contribution is 7.09. The molecule has 1 saturated heterocycles. The van der Waals surface area contributed by atoms with Crippen LogP contribution in [0.2, 0.25) is 0 Å². The van der Waals surface area contributed by atoms with Gasteiger partial charge in [0.1, 0.15) is 0 Å². The molecule has 1 aliphatic rings. The van der Waals surface area contributed by atoms with Crippen molar-refractivity contribution >= 4 is 23.2 Å². The molecule has 2 heterocycles. The van der Waals surface area contributed by atoms with Gasteiger partial charge in [-0.15, -0.1) is 11.3 Å². The molecule has 0 radical (unpaired) electrons. The maximum atomic E-state index is 11.7. The van der Waals surface area contributed by atoms with E-state index >= 15 is 0 Å². The highest BCUT2D eigenvalue weighted by Crippen LogP contribution is 2.11. The average molecular weight is 323 g/mol. The van der Waals surface area contributed by atoms with Crippen molar-refractivity contribution in [2.75, 3.05) is 20.1 Å². The van der Waals surface area contributed by atoms with E-state index in [1.54, 1.807) is 18.4 Å². The van der Waals surface area contributed by atoms with Crippen LogP contribution in [0, 0.1) is 0 Å². The smallest absolute Gasteiger partial charge is 0.222 e. The van der Waals surface area contributed by atoms with Gasteiger partial charge in [0.15, 0.2) is 5.96 Å². The van der Waals surface area contributed by atoms with E-state index in [4.69, 9.17) is 0 Å². The van der Waals surface area contributed by atoms with Crippen LogP contribution in [0.4, 0.5) is 0 Å². The number of aryl methyl sites for hydroxylation is 1. The van der Waals surface area contributed by atoms with Crippen molar-refractivity contribution in [2.45, 2.75) is 45.7 Å². The Morgan fingerprint density at radius 2 is 2.36 bits per heavy atom. The Morgan fingerprint density at radius 1 is 1.55 bits per heavy atom. The Balaban J connectivity index is 1.79. The molecule has 1 aromatic rings. The van der Waals surface area contributed by atoms with Gasteiger partial charge in [0.25, 0.3) is 0 Å². The largest absolute Gasteiger partial charge is 0.352 e. The van der Waals surface area contributed by atoms with Crippen LogP contribution in [-0.2, 0) is 17.8 Å². The molecule has 0 saturated carbocycles. The minimum absolute atomic E-state index is 0.224. The summed E-state index contributed by atoms with van der Waals surface area (Å²) in [5.74, 6) is 0.990. The first-order valence-electron chi connectivity index (χ1n) is 7.84.